The van der Waals surface area contributed by atoms with Gasteiger partial charge < -0.3 is 10.3 Å². The summed E-state index contributed by atoms with van der Waals surface area (Å²) in [6.07, 6.45) is -2.25. The van der Waals surface area contributed by atoms with Crippen LogP contribution in [0.1, 0.15) is 29.6 Å². The van der Waals surface area contributed by atoms with Crippen LogP contribution in [0.2, 0.25) is 0 Å². The molecule has 1 heterocycles. The van der Waals surface area contributed by atoms with Crippen LogP contribution in [-0.2, 0) is 19.1 Å². The number of rotatable bonds is 5. The van der Waals surface area contributed by atoms with Crippen LogP contribution < -0.4 is 5.32 Å². The summed E-state index contributed by atoms with van der Waals surface area (Å²) in [5.74, 6) is 0.664. The molecular formula is C14H16F3N3. The molecule has 6 heteroatoms. The monoisotopic (exact) mass is 283 g/mol. The maximum Gasteiger partial charge on any atom is 0.416 e. The van der Waals surface area contributed by atoms with Crippen LogP contribution in [0.25, 0.3) is 0 Å². The quantitative estimate of drug-likeness (QED) is 0.885. The molecule has 2 N–H and O–H groups in total. The molecule has 0 spiro atoms. The van der Waals surface area contributed by atoms with E-state index in [-0.39, 0.29) is 0 Å². The number of imidazole rings is 1. The first-order chi connectivity index (χ1) is 9.49. The molecule has 0 radical (unpaired) electrons. The molecule has 0 aliphatic heterocycles. The molecule has 1 aromatic carbocycles. The molecule has 0 atom stereocenters. The highest BCUT2D eigenvalue weighted by Gasteiger charge is 2.30. The number of H-pyrrole nitrogens is 1. The minimum atomic E-state index is -4.31. The highest BCUT2D eigenvalue weighted by atomic mass is 19.4. The third-order valence-corrected chi connectivity index (χ3v) is 2.87. The second-order valence-corrected chi connectivity index (χ2v) is 4.51. The highest BCUT2D eigenvalue weighted by Crippen LogP contribution is 2.29. The molecule has 108 valence electrons. The summed E-state index contributed by atoms with van der Waals surface area (Å²) in [4.78, 5) is 7.28. The van der Waals surface area contributed by atoms with Crippen molar-refractivity contribution in [1.82, 2.24) is 15.3 Å². The predicted molar refractivity (Wildman–Crippen MR) is 70.2 cm³/mol. The van der Waals surface area contributed by atoms with E-state index in [4.69, 9.17) is 0 Å². The second kappa shape index (κ2) is 6.09. The molecule has 0 bridgehead atoms. The van der Waals surface area contributed by atoms with Crippen LogP contribution in [0, 0.1) is 0 Å². The van der Waals surface area contributed by atoms with Crippen LogP contribution in [0.4, 0.5) is 13.2 Å². The second-order valence-electron chi connectivity index (χ2n) is 4.51. The van der Waals surface area contributed by atoms with Gasteiger partial charge in [0, 0.05) is 24.9 Å². The van der Waals surface area contributed by atoms with E-state index in [1.807, 2.05) is 6.92 Å². The molecule has 0 fully saturated rings. The third-order valence-electron chi connectivity index (χ3n) is 2.87. The number of hydrogen-bond donors (Lipinski definition) is 2. The molecule has 3 nitrogen and oxygen atoms in total. The number of nitrogens with one attached hydrogen (secondary N) is 2. The first-order valence-electron chi connectivity index (χ1n) is 6.38. The van der Waals surface area contributed by atoms with Crippen LogP contribution in [0.5, 0.6) is 0 Å². The number of benzene rings is 1. The van der Waals surface area contributed by atoms with Crippen molar-refractivity contribution < 1.29 is 13.2 Å². The summed E-state index contributed by atoms with van der Waals surface area (Å²) in [7, 11) is 0. The first-order valence-corrected chi connectivity index (χ1v) is 6.38. The van der Waals surface area contributed by atoms with Crippen LogP contribution in [-0.4, -0.2) is 16.5 Å². The molecule has 20 heavy (non-hydrogen) atoms. The first kappa shape index (κ1) is 14.6. The zero-order chi connectivity index (χ0) is 14.6. The van der Waals surface area contributed by atoms with E-state index in [0.717, 1.165) is 24.4 Å². The number of hydrogen-bond acceptors (Lipinski definition) is 2. The van der Waals surface area contributed by atoms with E-state index in [0.29, 0.717) is 24.4 Å². The minimum Gasteiger partial charge on any atom is -0.345 e. The lowest BCUT2D eigenvalue weighted by atomic mass is 10.1. The standard InChI is InChI=1S/C14H16F3N3/c1-2-18-8-12-9-19-13(20-12)7-10-4-3-5-11(6-10)14(15,16)17/h3-6,9,18H,2,7-8H2,1H3,(H,19,20). The Morgan fingerprint density at radius 3 is 2.80 bits per heavy atom. The number of aromatic amines is 1. The fraction of sp³-hybridized carbons (Fsp3) is 0.357. The van der Waals surface area contributed by atoms with Crippen molar-refractivity contribution in [2.24, 2.45) is 0 Å². The van der Waals surface area contributed by atoms with Gasteiger partial charge in [0.2, 0.25) is 0 Å². The Hall–Kier alpha value is -1.82. The van der Waals surface area contributed by atoms with Crippen molar-refractivity contribution in [2.75, 3.05) is 6.54 Å². The van der Waals surface area contributed by atoms with Gasteiger partial charge in [0.15, 0.2) is 0 Å². The van der Waals surface area contributed by atoms with E-state index in [2.05, 4.69) is 15.3 Å². The summed E-state index contributed by atoms with van der Waals surface area (Å²) in [5, 5.41) is 3.15. The van der Waals surface area contributed by atoms with Crippen molar-refractivity contribution in [1.29, 1.82) is 0 Å². The van der Waals surface area contributed by atoms with E-state index >= 15 is 0 Å². The average molecular weight is 283 g/mol. The lowest BCUT2D eigenvalue weighted by Crippen LogP contribution is -2.11. The molecule has 1 aromatic heterocycles. The summed E-state index contributed by atoms with van der Waals surface area (Å²) in [5.41, 5.74) is 0.882. The van der Waals surface area contributed by atoms with Crippen molar-refractivity contribution in [3.63, 3.8) is 0 Å². The highest BCUT2D eigenvalue weighted by molar-refractivity contribution is 5.27. The Morgan fingerprint density at radius 2 is 2.10 bits per heavy atom. The van der Waals surface area contributed by atoms with Gasteiger partial charge in [0.25, 0.3) is 0 Å². The minimum absolute atomic E-state index is 0.357. The SMILES string of the molecule is CCNCc1cnc(Cc2cccc(C(F)(F)F)c2)[nH]1. The summed E-state index contributed by atoms with van der Waals surface area (Å²) < 4.78 is 37.9. The lowest BCUT2D eigenvalue weighted by molar-refractivity contribution is -0.137. The van der Waals surface area contributed by atoms with Gasteiger partial charge in [-0.25, -0.2) is 4.98 Å². The molecule has 0 saturated heterocycles. The normalized spacial score (nSPS) is 11.8. The van der Waals surface area contributed by atoms with Gasteiger partial charge >= 0.3 is 6.18 Å². The van der Waals surface area contributed by atoms with Gasteiger partial charge in [-0.2, -0.15) is 13.2 Å². The van der Waals surface area contributed by atoms with E-state index in [1.165, 1.54) is 6.07 Å². The lowest BCUT2D eigenvalue weighted by Gasteiger charge is -2.07. The molecular weight excluding hydrogens is 267 g/mol. The molecule has 0 aliphatic rings. The van der Waals surface area contributed by atoms with E-state index < -0.39 is 11.7 Å². The maximum atomic E-state index is 12.6. The van der Waals surface area contributed by atoms with E-state index in [1.54, 1.807) is 12.3 Å². The Labute approximate surface area is 115 Å². The van der Waals surface area contributed by atoms with Crippen LogP contribution >= 0.6 is 0 Å². The van der Waals surface area contributed by atoms with Gasteiger partial charge in [-0.15, -0.1) is 0 Å². The summed E-state index contributed by atoms with van der Waals surface area (Å²) >= 11 is 0. The Bertz CT molecular complexity index is 561. The predicted octanol–water partition coefficient (Wildman–Crippen LogP) is 3.13. The third kappa shape index (κ3) is 3.84. The molecule has 2 rings (SSSR count). The fourth-order valence-corrected chi connectivity index (χ4v) is 1.90. The Morgan fingerprint density at radius 1 is 1.30 bits per heavy atom. The van der Waals surface area contributed by atoms with Crippen molar-refractivity contribution >= 4 is 0 Å². The Kier molecular flexibility index (Phi) is 4.44. The summed E-state index contributed by atoms with van der Waals surface area (Å²) in [6, 6.07) is 5.32. The zero-order valence-corrected chi connectivity index (χ0v) is 11.1. The van der Waals surface area contributed by atoms with Crippen molar-refractivity contribution in [3.8, 4) is 0 Å². The van der Waals surface area contributed by atoms with Crippen LogP contribution in [0.15, 0.2) is 30.5 Å². The average Bonchev–Trinajstić information content (AvgIpc) is 2.83. The Balaban J connectivity index is 2.08. The zero-order valence-electron chi connectivity index (χ0n) is 11.1. The number of alkyl halides is 3. The smallest absolute Gasteiger partial charge is 0.345 e. The van der Waals surface area contributed by atoms with Gasteiger partial charge in [0.05, 0.1) is 5.56 Å². The summed E-state index contributed by atoms with van der Waals surface area (Å²) in [6.45, 7) is 3.52. The molecule has 2 aromatic rings. The molecule has 0 amide bonds. The molecule has 0 aliphatic carbocycles. The fourth-order valence-electron chi connectivity index (χ4n) is 1.90. The maximum absolute atomic E-state index is 12.6. The molecule has 0 saturated carbocycles. The van der Waals surface area contributed by atoms with Gasteiger partial charge in [-0.1, -0.05) is 25.1 Å². The van der Waals surface area contributed by atoms with E-state index in [9.17, 15) is 13.2 Å². The van der Waals surface area contributed by atoms with Gasteiger partial charge in [-0.3, -0.25) is 0 Å². The largest absolute Gasteiger partial charge is 0.416 e. The number of aromatic nitrogens is 2. The van der Waals surface area contributed by atoms with Gasteiger partial charge in [-0.05, 0) is 18.2 Å². The molecule has 0 unspecified atom stereocenters. The topological polar surface area (TPSA) is 40.7 Å². The number of halogens is 3. The van der Waals surface area contributed by atoms with Crippen LogP contribution in [0.3, 0.4) is 0 Å². The van der Waals surface area contributed by atoms with Gasteiger partial charge in [0.1, 0.15) is 5.82 Å². The number of nitrogens with zero attached hydrogens (tertiary/aromatic N) is 1. The van der Waals surface area contributed by atoms with Crippen molar-refractivity contribution in [3.05, 3.63) is 53.1 Å². The van der Waals surface area contributed by atoms with Crippen molar-refractivity contribution in [2.45, 2.75) is 26.1 Å².